The van der Waals surface area contributed by atoms with E-state index in [0.717, 1.165) is 31.1 Å². The molecule has 0 aromatic heterocycles. The van der Waals surface area contributed by atoms with Gasteiger partial charge in [-0.15, -0.1) is 6.58 Å². The van der Waals surface area contributed by atoms with Crippen molar-refractivity contribution in [2.24, 2.45) is 11.5 Å². The molecular formula is C16H32N4S2. The van der Waals surface area contributed by atoms with E-state index in [2.05, 4.69) is 22.5 Å². The molecule has 2 rings (SSSR count). The molecular weight excluding hydrogens is 312 g/mol. The minimum atomic E-state index is 0.474. The Kier molecular flexibility index (Phi) is 8.08. The second kappa shape index (κ2) is 9.55. The van der Waals surface area contributed by atoms with E-state index in [1.165, 1.54) is 44.0 Å². The normalized spacial score (nSPS) is 24.7. The summed E-state index contributed by atoms with van der Waals surface area (Å²) in [6, 6.07) is 0.504. The quantitative estimate of drug-likeness (QED) is 0.432. The van der Waals surface area contributed by atoms with Crippen molar-refractivity contribution in [1.29, 1.82) is 0 Å². The zero-order valence-electron chi connectivity index (χ0n) is 13.7. The Labute approximate surface area is 144 Å². The summed E-state index contributed by atoms with van der Waals surface area (Å²) in [5.41, 5.74) is 11.6. The number of thioether (sulfide) groups is 2. The summed E-state index contributed by atoms with van der Waals surface area (Å²) in [6.07, 6.45) is 4.87. The second-order valence-corrected chi connectivity index (χ2v) is 8.70. The third-order valence-corrected chi connectivity index (χ3v) is 6.69. The lowest BCUT2D eigenvalue weighted by atomic mass is 10.0. The van der Waals surface area contributed by atoms with Gasteiger partial charge in [0.2, 0.25) is 0 Å². The highest BCUT2D eigenvalue weighted by Gasteiger charge is 2.52. The number of hydrogen-bond donors (Lipinski definition) is 2. The highest BCUT2D eigenvalue weighted by Crippen LogP contribution is 2.45. The van der Waals surface area contributed by atoms with Gasteiger partial charge in [0, 0.05) is 73.9 Å². The van der Waals surface area contributed by atoms with E-state index in [1.54, 1.807) is 0 Å². The Morgan fingerprint density at radius 3 is 2.23 bits per heavy atom. The summed E-state index contributed by atoms with van der Waals surface area (Å²) in [4.78, 5) is 5.37. The first-order valence-electron chi connectivity index (χ1n) is 8.43. The molecule has 0 bridgehead atoms. The Morgan fingerprint density at radius 1 is 1.05 bits per heavy atom. The van der Waals surface area contributed by atoms with Crippen LogP contribution in [0.15, 0.2) is 12.7 Å². The molecule has 1 aliphatic heterocycles. The van der Waals surface area contributed by atoms with Crippen molar-refractivity contribution in [1.82, 2.24) is 9.80 Å². The van der Waals surface area contributed by atoms with Gasteiger partial charge in [-0.2, -0.15) is 23.5 Å². The second-order valence-electron chi connectivity index (χ2n) is 6.25. The van der Waals surface area contributed by atoms with Gasteiger partial charge < -0.3 is 11.5 Å². The van der Waals surface area contributed by atoms with Crippen LogP contribution in [0.4, 0.5) is 0 Å². The fourth-order valence-electron chi connectivity index (χ4n) is 3.27. The number of rotatable bonds is 11. The Bertz CT molecular complexity index is 336. The van der Waals surface area contributed by atoms with Gasteiger partial charge in [-0.1, -0.05) is 6.08 Å². The molecule has 128 valence electrons. The maximum Gasteiger partial charge on any atom is 0.0404 e. The van der Waals surface area contributed by atoms with Crippen molar-refractivity contribution in [3.63, 3.8) is 0 Å². The molecule has 1 spiro atoms. The standard InChI is InChI=1S/C16H32N4S2/c1-2-15-13-20(8-12-22-10-6-18)16(3-4-16)14-19(15)7-11-21-9-5-17/h2,15H,1,3-14,17-18H2/t15-/m1/s1. The van der Waals surface area contributed by atoms with Gasteiger partial charge in [-0.25, -0.2) is 0 Å². The van der Waals surface area contributed by atoms with Crippen molar-refractivity contribution in [3.8, 4) is 0 Å². The fourth-order valence-corrected chi connectivity index (χ4v) is 4.73. The maximum absolute atomic E-state index is 5.58. The van der Waals surface area contributed by atoms with E-state index in [1.807, 2.05) is 23.5 Å². The molecule has 2 aliphatic rings. The van der Waals surface area contributed by atoms with Crippen LogP contribution in [-0.4, -0.2) is 83.7 Å². The molecule has 4 nitrogen and oxygen atoms in total. The van der Waals surface area contributed by atoms with Gasteiger partial charge in [0.1, 0.15) is 0 Å². The van der Waals surface area contributed by atoms with Gasteiger partial charge in [-0.05, 0) is 12.8 Å². The van der Waals surface area contributed by atoms with Gasteiger partial charge in [0.15, 0.2) is 0 Å². The van der Waals surface area contributed by atoms with E-state index in [9.17, 15) is 0 Å². The maximum atomic E-state index is 5.58. The molecule has 1 aliphatic carbocycles. The van der Waals surface area contributed by atoms with Crippen molar-refractivity contribution in [3.05, 3.63) is 12.7 Å². The fraction of sp³-hybridized carbons (Fsp3) is 0.875. The zero-order valence-corrected chi connectivity index (χ0v) is 15.3. The summed E-state index contributed by atoms with van der Waals surface area (Å²) < 4.78 is 0. The van der Waals surface area contributed by atoms with Crippen LogP contribution < -0.4 is 11.5 Å². The van der Waals surface area contributed by atoms with Gasteiger partial charge in [0.05, 0.1) is 0 Å². The largest absolute Gasteiger partial charge is 0.330 e. The number of nitrogens with two attached hydrogens (primary N) is 2. The molecule has 2 fully saturated rings. The number of hydrogen-bond acceptors (Lipinski definition) is 6. The molecule has 22 heavy (non-hydrogen) atoms. The molecule has 0 amide bonds. The summed E-state index contributed by atoms with van der Waals surface area (Å²) in [7, 11) is 0. The van der Waals surface area contributed by atoms with Crippen molar-refractivity contribution < 1.29 is 0 Å². The molecule has 0 radical (unpaired) electrons. The third kappa shape index (κ3) is 5.14. The molecule has 6 heteroatoms. The van der Waals surface area contributed by atoms with Crippen LogP contribution in [0.3, 0.4) is 0 Å². The van der Waals surface area contributed by atoms with Gasteiger partial charge in [0.25, 0.3) is 0 Å². The van der Waals surface area contributed by atoms with Gasteiger partial charge in [-0.3, -0.25) is 9.80 Å². The Balaban J connectivity index is 1.81. The lowest BCUT2D eigenvalue weighted by Gasteiger charge is -2.46. The predicted molar refractivity (Wildman–Crippen MR) is 102 cm³/mol. The average molecular weight is 345 g/mol. The molecule has 1 saturated heterocycles. The molecule has 1 heterocycles. The van der Waals surface area contributed by atoms with Crippen LogP contribution in [-0.2, 0) is 0 Å². The molecule has 4 N–H and O–H groups in total. The van der Waals surface area contributed by atoms with Crippen molar-refractivity contribution in [2.75, 3.05) is 62.3 Å². The van der Waals surface area contributed by atoms with Crippen molar-refractivity contribution >= 4 is 23.5 Å². The first-order valence-corrected chi connectivity index (χ1v) is 10.7. The summed E-state index contributed by atoms with van der Waals surface area (Å²) in [5, 5.41) is 0. The van der Waals surface area contributed by atoms with E-state index in [4.69, 9.17) is 11.5 Å². The molecule has 1 atom stereocenters. The van der Waals surface area contributed by atoms with Crippen LogP contribution in [0.5, 0.6) is 0 Å². The predicted octanol–water partition coefficient (Wildman–Crippen LogP) is 1.08. The van der Waals surface area contributed by atoms with Crippen LogP contribution in [0.1, 0.15) is 12.8 Å². The Hall–Kier alpha value is 0.280. The minimum Gasteiger partial charge on any atom is -0.330 e. The third-order valence-electron chi connectivity index (χ3n) is 4.70. The van der Waals surface area contributed by atoms with E-state index in [0.29, 0.717) is 11.6 Å². The first-order chi connectivity index (χ1) is 10.8. The Morgan fingerprint density at radius 2 is 1.68 bits per heavy atom. The monoisotopic (exact) mass is 344 g/mol. The number of piperazine rings is 1. The lowest BCUT2D eigenvalue weighted by molar-refractivity contribution is 0.0408. The molecule has 1 saturated carbocycles. The summed E-state index contributed by atoms with van der Waals surface area (Å²) in [5.74, 6) is 4.54. The minimum absolute atomic E-state index is 0.474. The van der Waals surface area contributed by atoms with Gasteiger partial charge >= 0.3 is 0 Å². The van der Waals surface area contributed by atoms with E-state index >= 15 is 0 Å². The van der Waals surface area contributed by atoms with Crippen LogP contribution >= 0.6 is 23.5 Å². The smallest absolute Gasteiger partial charge is 0.0404 e. The molecule has 0 unspecified atom stereocenters. The van der Waals surface area contributed by atoms with Crippen LogP contribution in [0, 0.1) is 0 Å². The summed E-state index contributed by atoms with van der Waals surface area (Å²) in [6.45, 7) is 10.4. The molecule has 0 aromatic rings. The van der Waals surface area contributed by atoms with Crippen molar-refractivity contribution in [2.45, 2.75) is 24.4 Å². The topological polar surface area (TPSA) is 58.5 Å². The highest BCUT2D eigenvalue weighted by atomic mass is 32.2. The highest BCUT2D eigenvalue weighted by molar-refractivity contribution is 7.99. The average Bonchev–Trinajstić information content (AvgIpc) is 3.30. The van der Waals surface area contributed by atoms with E-state index in [-0.39, 0.29) is 0 Å². The zero-order chi connectivity index (χ0) is 15.8. The summed E-state index contributed by atoms with van der Waals surface area (Å²) >= 11 is 3.95. The van der Waals surface area contributed by atoms with Crippen LogP contribution in [0.25, 0.3) is 0 Å². The first kappa shape index (κ1) is 18.6. The molecule has 0 aromatic carbocycles. The SMILES string of the molecule is C=C[C@@H]1CN(CCSCCN)C2(CC2)CN1CCSCCN. The van der Waals surface area contributed by atoms with E-state index < -0.39 is 0 Å². The lowest BCUT2D eigenvalue weighted by Crippen LogP contribution is -2.60. The van der Waals surface area contributed by atoms with Crippen LogP contribution in [0.2, 0.25) is 0 Å². The number of nitrogens with zero attached hydrogens (tertiary/aromatic N) is 2.